The molecule has 1 nitrogen and oxygen atoms in total. The van der Waals surface area contributed by atoms with Crippen LogP contribution < -0.4 is 4.90 Å². The summed E-state index contributed by atoms with van der Waals surface area (Å²) < 4.78 is 1.17. The van der Waals surface area contributed by atoms with Crippen molar-refractivity contribution in [3.8, 4) is 0 Å². The summed E-state index contributed by atoms with van der Waals surface area (Å²) in [4.78, 5) is 2.22. The normalized spacial score (nSPS) is 9.90. The number of rotatable bonds is 2. The Balaban J connectivity index is 2.74. The molecule has 0 aliphatic carbocycles. The summed E-state index contributed by atoms with van der Waals surface area (Å²) in [5, 5.41) is 3.41. The van der Waals surface area contributed by atoms with E-state index in [1.807, 2.05) is 0 Å². The molecule has 0 saturated heterocycles. The highest BCUT2D eigenvalue weighted by molar-refractivity contribution is 9.10. The summed E-state index contributed by atoms with van der Waals surface area (Å²) in [6, 6.07) is 2.13. The third-order valence-electron chi connectivity index (χ3n) is 1.40. The van der Waals surface area contributed by atoms with E-state index in [9.17, 15) is 0 Å². The van der Waals surface area contributed by atoms with Gasteiger partial charge >= 0.3 is 0 Å². The van der Waals surface area contributed by atoms with Crippen LogP contribution in [0.1, 0.15) is 6.92 Å². The van der Waals surface area contributed by atoms with Gasteiger partial charge in [-0.15, -0.1) is 11.3 Å². The van der Waals surface area contributed by atoms with Gasteiger partial charge in [-0.1, -0.05) is 0 Å². The zero-order chi connectivity index (χ0) is 7.56. The van der Waals surface area contributed by atoms with Gasteiger partial charge in [0.2, 0.25) is 0 Å². The molecule has 1 aromatic rings. The lowest BCUT2D eigenvalue weighted by molar-refractivity contribution is 0.981. The van der Waals surface area contributed by atoms with E-state index in [2.05, 4.69) is 46.2 Å². The predicted molar refractivity (Wildman–Crippen MR) is 51.0 cm³/mol. The first-order chi connectivity index (χ1) is 4.74. The van der Waals surface area contributed by atoms with Crippen molar-refractivity contribution in [1.29, 1.82) is 0 Å². The van der Waals surface area contributed by atoms with E-state index >= 15 is 0 Å². The molecule has 0 atom stereocenters. The van der Waals surface area contributed by atoms with Crippen molar-refractivity contribution < 1.29 is 0 Å². The summed E-state index contributed by atoms with van der Waals surface area (Å²) in [5.41, 5.74) is 0. The minimum absolute atomic E-state index is 1.06. The van der Waals surface area contributed by atoms with Gasteiger partial charge in [0, 0.05) is 23.4 Å². The Kier molecular flexibility index (Phi) is 2.74. The maximum atomic E-state index is 3.41. The Hall–Kier alpha value is -0.0200. The minimum atomic E-state index is 1.06. The zero-order valence-corrected chi connectivity index (χ0v) is 8.50. The quantitative estimate of drug-likeness (QED) is 0.740. The second-order valence-electron chi connectivity index (χ2n) is 2.12. The standard InChI is InChI=1S/C7H10BrNS/c1-3-9(2)7-4-6(8)5-10-7/h4-5H,3H2,1-2H3. The molecule has 0 fully saturated rings. The monoisotopic (exact) mass is 219 g/mol. The van der Waals surface area contributed by atoms with Crippen LogP contribution in [0.2, 0.25) is 0 Å². The molecule has 0 aliphatic rings. The van der Waals surface area contributed by atoms with Crippen LogP contribution in [-0.4, -0.2) is 13.6 Å². The van der Waals surface area contributed by atoms with Crippen LogP contribution in [0.15, 0.2) is 15.9 Å². The van der Waals surface area contributed by atoms with E-state index in [1.165, 1.54) is 9.47 Å². The van der Waals surface area contributed by atoms with Gasteiger partial charge in [-0.25, -0.2) is 0 Å². The molecule has 0 unspecified atom stereocenters. The molecule has 0 N–H and O–H groups in total. The molecule has 3 heteroatoms. The second kappa shape index (κ2) is 3.39. The summed E-state index contributed by atoms with van der Waals surface area (Å²) in [6.45, 7) is 3.21. The first-order valence-electron chi connectivity index (χ1n) is 3.19. The number of halogens is 1. The largest absolute Gasteiger partial charge is 0.367 e. The van der Waals surface area contributed by atoms with Crippen LogP contribution in [0.4, 0.5) is 5.00 Å². The lowest BCUT2D eigenvalue weighted by Gasteiger charge is -2.12. The van der Waals surface area contributed by atoms with E-state index in [0.717, 1.165) is 6.54 Å². The zero-order valence-electron chi connectivity index (χ0n) is 6.10. The molecule has 1 heterocycles. The van der Waals surface area contributed by atoms with Crippen molar-refractivity contribution in [3.05, 3.63) is 15.9 Å². The van der Waals surface area contributed by atoms with E-state index in [-0.39, 0.29) is 0 Å². The Morgan fingerprint density at radius 1 is 1.70 bits per heavy atom. The summed E-state index contributed by atoms with van der Waals surface area (Å²) >= 11 is 5.17. The van der Waals surface area contributed by atoms with E-state index in [0.29, 0.717) is 0 Å². The first kappa shape index (κ1) is 8.08. The number of hydrogen-bond acceptors (Lipinski definition) is 2. The SMILES string of the molecule is CCN(C)c1cc(Br)cs1. The molecule has 0 radical (unpaired) electrons. The Morgan fingerprint density at radius 3 is 2.80 bits per heavy atom. The molecule has 0 aromatic carbocycles. The van der Waals surface area contributed by atoms with E-state index < -0.39 is 0 Å². The van der Waals surface area contributed by atoms with Crippen molar-refractivity contribution in [3.63, 3.8) is 0 Å². The highest BCUT2D eigenvalue weighted by atomic mass is 79.9. The number of nitrogens with zero attached hydrogens (tertiary/aromatic N) is 1. The van der Waals surface area contributed by atoms with Crippen molar-refractivity contribution in [1.82, 2.24) is 0 Å². The summed E-state index contributed by atoms with van der Waals surface area (Å²) in [6.07, 6.45) is 0. The average molecular weight is 220 g/mol. The first-order valence-corrected chi connectivity index (χ1v) is 4.86. The number of anilines is 1. The highest BCUT2D eigenvalue weighted by Crippen LogP contribution is 2.26. The number of thiophene rings is 1. The molecule has 0 aliphatic heterocycles. The molecule has 1 aromatic heterocycles. The van der Waals surface area contributed by atoms with Crippen LogP contribution in [-0.2, 0) is 0 Å². The van der Waals surface area contributed by atoms with Crippen LogP contribution in [0.3, 0.4) is 0 Å². The maximum absolute atomic E-state index is 3.41. The average Bonchev–Trinajstić information content (AvgIpc) is 2.34. The predicted octanol–water partition coefficient (Wildman–Crippen LogP) is 2.97. The molecular formula is C7H10BrNS. The van der Waals surface area contributed by atoms with Crippen molar-refractivity contribution >= 4 is 32.3 Å². The van der Waals surface area contributed by atoms with Crippen LogP contribution in [0, 0.1) is 0 Å². The van der Waals surface area contributed by atoms with Gasteiger partial charge < -0.3 is 4.90 Å². The van der Waals surface area contributed by atoms with Crippen molar-refractivity contribution in [2.75, 3.05) is 18.5 Å². The molecular weight excluding hydrogens is 210 g/mol. The molecule has 0 saturated carbocycles. The maximum Gasteiger partial charge on any atom is 0.0917 e. The third kappa shape index (κ3) is 1.73. The van der Waals surface area contributed by atoms with Gasteiger partial charge in [0.1, 0.15) is 0 Å². The Bertz CT molecular complexity index is 209. The Morgan fingerprint density at radius 2 is 2.40 bits per heavy atom. The minimum Gasteiger partial charge on any atom is -0.367 e. The molecule has 56 valence electrons. The van der Waals surface area contributed by atoms with Gasteiger partial charge in [0.15, 0.2) is 0 Å². The second-order valence-corrected chi connectivity index (χ2v) is 3.92. The van der Waals surface area contributed by atoms with Crippen LogP contribution in [0.25, 0.3) is 0 Å². The number of hydrogen-bond donors (Lipinski definition) is 0. The fourth-order valence-electron chi connectivity index (χ4n) is 0.659. The van der Waals surface area contributed by atoms with Gasteiger partial charge in [-0.2, -0.15) is 0 Å². The van der Waals surface area contributed by atoms with Crippen LogP contribution in [0.5, 0.6) is 0 Å². The Labute approximate surface area is 73.8 Å². The fourth-order valence-corrected chi connectivity index (χ4v) is 2.11. The molecule has 0 bridgehead atoms. The smallest absolute Gasteiger partial charge is 0.0917 e. The van der Waals surface area contributed by atoms with Crippen molar-refractivity contribution in [2.24, 2.45) is 0 Å². The van der Waals surface area contributed by atoms with Gasteiger partial charge in [-0.3, -0.25) is 0 Å². The lowest BCUT2D eigenvalue weighted by Crippen LogP contribution is -2.13. The summed E-state index contributed by atoms with van der Waals surface area (Å²) in [7, 11) is 2.10. The molecule has 1 rings (SSSR count). The van der Waals surface area contributed by atoms with Gasteiger partial charge in [-0.05, 0) is 28.9 Å². The lowest BCUT2D eigenvalue weighted by atomic mass is 10.5. The summed E-state index contributed by atoms with van der Waals surface area (Å²) in [5.74, 6) is 0. The van der Waals surface area contributed by atoms with E-state index in [1.54, 1.807) is 11.3 Å². The molecule has 0 spiro atoms. The van der Waals surface area contributed by atoms with Crippen molar-refractivity contribution in [2.45, 2.75) is 6.92 Å². The molecule has 0 amide bonds. The van der Waals surface area contributed by atoms with Gasteiger partial charge in [0.25, 0.3) is 0 Å². The molecule has 10 heavy (non-hydrogen) atoms. The third-order valence-corrected chi connectivity index (χ3v) is 3.21. The topological polar surface area (TPSA) is 3.24 Å². The van der Waals surface area contributed by atoms with Crippen LogP contribution >= 0.6 is 27.3 Å². The van der Waals surface area contributed by atoms with E-state index in [4.69, 9.17) is 0 Å². The fraction of sp³-hybridized carbons (Fsp3) is 0.429. The van der Waals surface area contributed by atoms with Gasteiger partial charge in [0.05, 0.1) is 5.00 Å². The highest BCUT2D eigenvalue weighted by Gasteiger charge is 1.99.